The molecule has 0 atom stereocenters. The summed E-state index contributed by atoms with van der Waals surface area (Å²) in [5.74, 6) is -2.64. The van der Waals surface area contributed by atoms with E-state index in [0.717, 1.165) is 6.08 Å². The molecule has 100 valence electrons. The van der Waals surface area contributed by atoms with Crippen molar-refractivity contribution in [2.75, 3.05) is 12.4 Å². The van der Waals surface area contributed by atoms with Crippen LogP contribution in [0.5, 0.6) is 0 Å². The van der Waals surface area contributed by atoms with E-state index in [-0.39, 0.29) is 11.3 Å². The smallest absolute Gasteiger partial charge is 0.335 e. The van der Waals surface area contributed by atoms with Crippen LogP contribution < -0.4 is 11.1 Å². The molecule has 0 fully saturated rings. The molecule has 0 unspecified atom stereocenters. The number of amides is 1. The van der Waals surface area contributed by atoms with Crippen LogP contribution >= 0.6 is 0 Å². The molecule has 1 aromatic carbocycles. The molecule has 0 saturated heterocycles. The lowest BCUT2D eigenvalue weighted by atomic mass is 10.2. The molecule has 1 amide bonds. The van der Waals surface area contributed by atoms with E-state index >= 15 is 0 Å². The molecule has 0 aliphatic carbocycles. The number of nitrogens with two attached hydrogens (primary N) is 1. The van der Waals surface area contributed by atoms with Crippen molar-refractivity contribution in [3.05, 3.63) is 41.6 Å². The fourth-order valence-corrected chi connectivity index (χ4v) is 1.20. The largest absolute Gasteiger partial charge is 0.478 e. The summed E-state index contributed by atoms with van der Waals surface area (Å²) < 4.78 is 4.38. The number of anilines is 1. The van der Waals surface area contributed by atoms with Crippen molar-refractivity contribution in [3.8, 4) is 0 Å². The van der Waals surface area contributed by atoms with Gasteiger partial charge in [0.05, 0.1) is 18.7 Å². The lowest BCUT2D eigenvalue weighted by Gasteiger charge is -2.07. The second-order valence-electron chi connectivity index (χ2n) is 3.45. The molecule has 0 saturated carbocycles. The highest BCUT2D eigenvalue weighted by Gasteiger charge is 2.09. The average molecular weight is 264 g/mol. The predicted molar refractivity (Wildman–Crippen MR) is 66.3 cm³/mol. The van der Waals surface area contributed by atoms with E-state index in [4.69, 9.17) is 10.8 Å². The van der Waals surface area contributed by atoms with Crippen LogP contribution in [0.2, 0.25) is 0 Å². The van der Waals surface area contributed by atoms with Crippen molar-refractivity contribution < 1.29 is 24.2 Å². The van der Waals surface area contributed by atoms with Gasteiger partial charge in [0, 0.05) is 5.69 Å². The minimum Gasteiger partial charge on any atom is -0.478 e. The Kier molecular flexibility index (Phi) is 4.64. The molecule has 19 heavy (non-hydrogen) atoms. The van der Waals surface area contributed by atoms with Crippen LogP contribution in [0.3, 0.4) is 0 Å². The van der Waals surface area contributed by atoms with Gasteiger partial charge in [0.25, 0.3) is 5.91 Å². The van der Waals surface area contributed by atoms with Gasteiger partial charge in [-0.25, -0.2) is 9.59 Å². The SMILES string of the molecule is COC(=O)C=C(Nc1ccc(C(=O)O)cc1)C(N)=O. The Balaban J connectivity index is 2.91. The minimum absolute atomic E-state index is 0.100. The Hall–Kier alpha value is -2.83. The Morgan fingerprint density at radius 3 is 2.26 bits per heavy atom. The Morgan fingerprint density at radius 2 is 1.84 bits per heavy atom. The first kappa shape index (κ1) is 14.2. The Morgan fingerprint density at radius 1 is 1.26 bits per heavy atom. The number of esters is 1. The van der Waals surface area contributed by atoms with Crippen LogP contribution in [0.25, 0.3) is 0 Å². The molecule has 7 heteroatoms. The highest BCUT2D eigenvalue weighted by Crippen LogP contribution is 2.12. The van der Waals surface area contributed by atoms with Crippen LogP contribution in [-0.4, -0.2) is 30.1 Å². The van der Waals surface area contributed by atoms with E-state index in [1.54, 1.807) is 0 Å². The second kappa shape index (κ2) is 6.20. The number of carboxylic acid groups (broad SMARTS) is 1. The lowest BCUT2D eigenvalue weighted by Crippen LogP contribution is -2.21. The number of rotatable bonds is 5. The van der Waals surface area contributed by atoms with Crippen LogP contribution in [0.4, 0.5) is 5.69 Å². The summed E-state index contributed by atoms with van der Waals surface area (Å²) in [5.41, 5.74) is 5.45. The van der Waals surface area contributed by atoms with E-state index in [0.29, 0.717) is 5.69 Å². The van der Waals surface area contributed by atoms with Gasteiger partial charge in [0.15, 0.2) is 0 Å². The number of carbonyl (C=O) groups excluding carboxylic acids is 2. The highest BCUT2D eigenvalue weighted by atomic mass is 16.5. The van der Waals surface area contributed by atoms with Gasteiger partial charge in [-0.05, 0) is 24.3 Å². The molecule has 4 N–H and O–H groups in total. The van der Waals surface area contributed by atoms with Gasteiger partial charge < -0.3 is 20.9 Å². The molecule has 1 aromatic rings. The summed E-state index contributed by atoms with van der Waals surface area (Å²) in [6, 6.07) is 5.58. The molecule has 0 bridgehead atoms. The summed E-state index contributed by atoms with van der Waals surface area (Å²) in [7, 11) is 1.17. The van der Waals surface area contributed by atoms with Gasteiger partial charge in [-0.3, -0.25) is 4.79 Å². The third-order valence-electron chi connectivity index (χ3n) is 2.14. The van der Waals surface area contributed by atoms with Crippen molar-refractivity contribution in [3.63, 3.8) is 0 Å². The molecule has 0 spiro atoms. The first-order chi connectivity index (χ1) is 8.93. The number of primary amides is 1. The normalized spacial score (nSPS) is 10.7. The molecular formula is C12H12N2O5. The van der Waals surface area contributed by atoms with Crippen molar-refractivity contribution >= 4 is 23.5 Å². The van der Waals surface area contributed by atoms with Gasteiger partial charge in [-0.2, -0.15) is 0 Å². The van der Waals surface area contributed by atoms with Gasteiger partial charge >= 0.3 is 11.9 Å². The standard InChI is InChI=1S/C12H12N2O5/c1-19-10(15)6-9(11(13)16)14-8-4-2-7(3-5-8)12(17)18/h2-6,14H,1H3,(H2,13,16)(H,17,18). The zero-order chi connectivity index (χ0) is 14.4. The number of carbonyl (C=O) groups is 3. The number of hydrogen-bond donors (Lipinski definition) is 3. The monoisotopic (exact) mass is 264 g/mol. The number of nitrogens with one attached hydrogen (secondary N) is 1. The molecule has 0 aliphatic heterocycles. The van der Waals surface area contributed by atoms with E-state index in [9.17, 15) is 14.4 Å². The van der Waals surface area contributed by atoms with Crippen LogP contribution in [0, 0.1) is 0 Å². The number of methoxy groups -OCH3 is 1. The van der Waals surface area contributed by atoms with Gasteiger partial charge in [0.2, 0.25) is 0 Å². The Bertz CT molecular complexity index is 534. The molecule has 0 aromatic heterocycles. The average Bonchev–Trinajstić information content (AvgIpc) is 2.38. The number of hydrogen-bond acceptors (Lipinski definition) is 5. The Labute approximate surface area is 108 Å². The fourth-order valence-electron chi connectivity index (χ4n) is 1.20. The molecule has 7 nitrogen and oxygen atoms in total. The molecule has 0 radical (unpaired) electrons. The van der Waals surface area contributed by atoms with E-state index in [1.165, 1.54) is 31.4 Å². The third-order valence-corrected chi connectivity index (χ3v) is 2.14. The minimum atomic E-state index is -1.06. The summed E-state index contributed by atoms with van der Waals surface area (Å²) in [6.07, 6.45) is 0.910. The van der Waals surface area contributed by atoms with E-state index in [1.807, 2.05) is 0 Å². The maximum Gasteiger partial charge on any atom is 0.335 e. The number of aromatic carboxylic acids is 1. The van der Waals surface area contributed by atoms with Crippen LogP contribution in [-0.2, 0) is 14.3 Å². The fraction of sp³-hybridized carbons (Fsp3) is 0.0833. The summed E-state index contributed by atoms with van der Waals surface area (Å²) >= 11 is 0. The molecular weight excluding hydrogens is 252 g/mol. The van der Waals surface area contributed by atoms with Gasteiger partial charge in [-0.15, -0.1) is 0 Å². The van der Waals surface area contributed by atoms with E-state index < -0.39 is 17.8 Å². The molecule has 1 rings (SSSR count). The van der Waals surface area contributed by atoms with Crippen molar-refractivity contribution in [2.24, 2.45) is 5.73 Å². The summed E-state index contributed by atoms with van der Waals surface area (Å²) in [5, 5.41) is 11.3. The zero-order valence-corrected chi connectivity index (χ0v) is 10.0. The summed E-state index contributed by atoms with van der Waals surface area (Å²) in [4.78, 5) is 32.8. The highest BCUT2D eigenvalue weighted by molar-refractivity contribution is 6.00. The van der Waals surface area contributed by atoms with Crippen molar-refractivity contribution in [2.45, 2.75) is 0 Å². The number of carboxylic acids is 1. The van der Waals surface area contributed by atoms with Gasteiger partial charge in [-0.1, -0.05) is 0 Å². The lowest BCUT2D eigenvalue weighted by molar-refractivity contribution is -0.135. The molecule has 0 heterocycles. The number of benzene rings is 1. The topological polar surface area (TPSA) is 119 Å². The second-order valence-corrected chi connectivity index (χ2v) is 3.45. The summed E-state index contributed by atoms with van der Waals surface area (Å²) in [6.45, 7) is 0. The maximum absolute atomic E-state index is 11.1. The quantitative estimate of drug-likeness (QED) is 0.521. The van der Waals surface area contributed by atoms with Crippen molar-refractivity contribution in [1.82, 2.24) is 0 Å². The zero-order valence-electron chi connectivity index (χ0n) is 10.0. The molecule has 0 aliphatic rings. The predicted octanol–water partition coefficient (Wildman–Crippen LogP) is 0.339. The van der Waals surface area contributed by atoms with E-state index in [2.05, 4.69) is 10.1 Å². The maximum atomic E-state index is 11.1. The van der Waals surface area contributed by atoms with Crippen LogP contribution in [0.15, 0.2) is 36.0 Å². The number of ether oxygens (including phenoxy) is 1. The third kappa shape index (κ3) is 4.15. The van der Waals surface area contributed by atoms with Gasteiger partial charge in [0.1, 0.15) is 5.70 Å². The first-order valence-corrected chi connectivity index (χ1v) is 5.14. The van der Waals surface area contributed by atoms with Crippen molar-refractivity contribution in [1.29, 1.82) is 0 Å². The first-order valence-electron chi connectivity index (χ1n) is 5.14. The van der Waals surface area contributed by atoms with Crippen LogP contribution in [0.1, 0.15) is 10.4 Å².